The van der Waals surface area contributed by atoms with Gasteiger partial charge in [-0.05, 0) is 25.5 Å². The smallest absolute Gasteiger partial charge is 0.307 e. The average Bonchev–Trinajstić information content (AvgIpc) is 2.60. The molecular formula is C21H33NO3. The van der Waals surface area contributed by atoms with E-state index in [1.807, 2.05) is 25.1 Å². The standard InChI is InChI=1S/C21H33NO3/c1-3-4-5-6-7-8-9-10-16-25-20(23)14-15-22-21(24)19-13-11-12-18(2)17-19/h11-13,17H,3-10,14-16H2,1-2H3,(H,22,24). The fourth-order valence-electron chi connectivity index (χ4n) is 2.66. The van der Waals surface area contributed by atoms with Crippen molar-refractivity contribution in [1.29, 1.82) is 0 Å². The fraction of sp³-hybridized carbons (Fsp3) is 0.619. The van der Waals surface area contributed by atoms with Crippen LogP contribution in [0.4, 0.5) is 0 Å². The van der Waals surface area contributed by atoms with Gasteiger partial charge in [0.05, 0.1) is 13.0 Å². The Kier molecular flexibility index (Phi) is 11.4. The van der Waals surface area contributed by atoms with Crippen LogP contribution in [0.2, 0.25) is 0 Å². The summed E-state index contributed by atoms with van der Waals surface area (Å²) < 4.78 is 5.20. The SMILES string of the molecule is CCCCCCCCCCOC(=O)CCNC(=O)c1cccc(C)c1. The number of aryl methyl sites for hydroxylation is 1. The summed E-state index contributed by atoms with van der Waals surface area (Å²) in [5.41, 5.74) is 1.66. The monoisotopic (exact) mass is 347 g/mol. The number of hydrogen-bond acceptors (Lipinski definition) is 3. The van der Waals surface area contributed by atoms with Crippen molar-refractivity contribution in [3.05, 3.63) is 35.4 Å². The molecule has 0 saturated heterocycles. The van der Waals surface area contributed by atoms with Gasteiger partial charge < -0.3 is 10.1 Å². The number of ether oxygens (including phenoxy) is 1. The van der Waals surface area contributed by atoms with E-state index in [0.717, 1.165) is 18.4 Å². The number of carbonyl (C=O) groups excluding carboxylic acids is 2. The van der Waals surface area contributed by atoms with Crippen molar-refractivity contribution < 1.29 is 14.3 Å². The van der Waals surface area contributed by atoms with Crippen molar-refractivity contribution in [1.82, 2.24) is 5.32 Å². The van der Waals surface area contributed by atoms with Gasteiger partial charge in [0.15, 0.2) is 0 Å². The van der Waals surface area contributed by atoms with E-state index in [0.29, 0.717) is 18.7 Å². The highest BCUT2D eigenvalue weighted by atomic mass is 16.5. The number of hydrogen-bond donors (Lipinski definition) is 1. The van der Waals surface area contributed by atoms with Crippen LogP contribution in [0.3, 0.4) is 0 Å². The molecule has 1 rings (SSSR count). The average molecular weight is 347 g/mol. The van der Waals surface area contributed by atoms with Crippen LogP contribution in [0.1, 0.15) is 80.6 Å². The molecule has 1 amide bonds. The van der Waals surface area contributed by atoms with Crippen molar-refractivity contribution in [2.45, 2.75) is 71.6 Å². The molecule has 0 spiro atoms. The fourth-order valence-corrected chi connectivity index (χ4v) is 2.66. The molecule has 1 N–H and O–H groups in total. The summed E-state index contributed by atoms with van der Waals surface area (Å²) in [7, 11) is 0. The Balaban J connectivity index is 1.99. The molecule has 4 nitrogen and oxygen atoms in total. The third kappa shape index (κ3) is 10.6. The summed E-state index contributed by atoms with van der Waals surface area (Å²) in [6, 6.07) is 7.39. The third-order valence-corrected chi connectivity index (χ3v) is 4.16. The van der Waals surface area contributed by atoms with Crippen molar-refractivity contribution in [3.8, 4) is 0 Å². The Morgan fingerprint density at radius 2 is 1.68 bits per heavy atom. The van der Waals surface area contributed by atoms with Crippen LogP contribution in [0.15, 0.2) is 24.3 Å². The first-order chi connectivity index (χ1) is 12.1. The van der Waals surface area contributed by atoms with Crippen LogP contribution in [0.25, 0.3) is 0 Å². The molecule has 0 aliphatic heterocycles. The maximum absolute atomic E-state index is 11.9. The number of esters is 1. The topological polar surface area (TPSA) is 55.4 Å². The van der Waals surface area contributed by atoms with Crippen molar-refractivity contribution in [3.63, 3.8) is 0 Å². The number of amides is 1. The molecule has 0 aliphatic carbocycles. The minimum atomic E-state index is -0.243. The largest absolute Gasteiger partial charge is 0.466 e. The van der Waals surface area contributed by atoms with Crippen LogP contribution in [0.5, 0.6) is 0 Å². The Morgan fingerprint density at radius 1 is 1.00 bits per heavy atom. The van der Waals surface area contributed by atoms with Gasteiger partial charge in [0.2, 0.25) is 0 Å². The van der Waals surface area contributed by atoms with Gasteiger partial charge in [0.25, 0.3) is 5.91 Å². The molecule has 0 saturated carbocycles. The van der Waals surface area contributed by atoms with Gasteiger partial charge in [-0.1, -0.05) is 69.6 Å². The second-order valence-electron chi connectivity index (χ2n) is 6.57. The molecule has 0 heterocycles. The summed E-state index contributed by atoms with van der Waals surface area (Å²) in [5, 5.41) is 2.75. The Bertz CT molecular complexity index is 514. The van der Waals surface area contributed by atoms with Gasteiger partial charge >= 0.3 is 5.97 Å². The normalized spacial score (nSPS) is 10.5. The lowest BCUT2D eigenvalue weighted by Gasteiger charge is -2.07. The second kappa shape index (κ2) is 13.5. The molecular weight excluding hydrogens is 314 g/mol. The molecule has 1 aromatic rings. The summed E-state index contributed by atoms with van der Waals surface area (Å²) >= 11 is 0. The Morgan fingerprint density at radius 3 is 2.36 bits per heavy atom. The first kappa shape index (κ1) is 21.2. The Hall–Kier alpha value is -1.84. The molecule has 0 unspecified atom stereocenters. The second-order valence-corrected chi connectivity index (χ2v) is 6.57. The van der Waals surface area contributed by atoms with Gasteiger partial charge in [-0.2, -0.15) is 0 Å². The number of benzene rings is 1. The molecule has 0 fully saturated rings. The lowest BCUT2D eigenvalue weighted by molar-refractivity contribution is -0.143. The summed E-state index contributed by atoms with van der Waals surface area (Å²) in [5.74, 6) is -0.396. The molecule has 0 bridgehead atoms. The number of rotatable bonds is 13. The highest BCUT2D eigenvalue weighted by Crippen LogP contribution is 2.08. The highest BCUT2D eigenvalue weighted by Gasteiger charge is 2.07. The van der Waals surface area contributed by atoms with Gasteiger partial charge in [0.1, 0.15) is 0 Å². The van der Waals surface area contributed by atoms with Crippen LogP contribution >= 0.6 is 0 Å². The minimum Gasteiger partial charge on any atom is -0.466 e. The first-order valence-electron chi connectivity index (χ1n) is 9.64. The van der Waals surface area contributed by atoms with Crippen molar-refractivity contribution in [2.24, 2.45) is 0 Å². The summed E-state index contributed by atoms with van der Waals surface area (Å²) in [4.78, 5) is 23.6. The van der Waals surface area contributed by atoms with E-state index in [2.05, 4.69) is 12.2 Å². The lowest BCUT2D eigenvalue weighted by atomic mass is 10.1. The molecule has 1 aromatic carbocycles. The summed E-state index contributed by atoms with van der Waals surface area (Å²) in [6.45, 7) is 4.96. The van der Waals surface area contributed by atoms with E-state index in [1.54, 1.807) is 6.07 Å². The maximum atomic E-state index is 11.9. The van der Waals surface area contributed by atoms with Crippen LogP contribution in [0, 0.1) is 6.92 Å². The van der Waals surface area contributed by atoms with E-state index < -0.39 is 0 Å². The zero-order valence-corrected chi connectivity index (χ0v) is 15.8. The third-order valence-electron chi connectivity index (χ3n) is 4.16. The van der Waals surface area contributed by atoms with E-state index in [-0.39, 0.29) is 18.3 Å². The van der Waals surface area contributed by atoms with Crippen LogP contribution in [-0.2, 0) is 9.53 Å². The van der Waals surface area contributed by atoms with Gasteiger partial charge in [0, 0.05) is 12.1 Å². The van der Waals surface area contributed by atoms with Gasteiger partial charge in [-0.3, -0.25) is 9.59 Å². The number of nitrogens with one attached hydrogen (secondary N) is 1. The minimum absolute atomic E-state index is 0.153. The van der Waals surface area contributed by atoms with Gasteiger partial charge in [-0.25, -0.2) is 0 Å². The zero-order chi connectivity index (χ0) is 18.3. The molecule has 4 heteroatoms. The zero-order valence-electron chi connectivity index (χ0n) is 15.8. The van der Waals surface area contributed by atoms with Gasteiger partial charge in [-0.15, -0.1) is 0 Å². The van der Waals surface area contributed by atoms with E-state index >= 15 is 0 Å². The van der Waals surface area contributed by atoms with E-state index in [4.69, 9.17) is 4.74 Å². The van der Waals surface area contributed by atoms with Crippen LogP contribution < -0.4 is 5.32 Å². The quantitative estimate of drug-likeness (QED) is 0.412. The maximum Gasteiger partial charge on any atom is 0.307 e. The number of unbranched alkanes of at least 4 members (excludes halogenated alkanes) is 7. The van der Waals surface area contributed by atoms with E-state index in [1.165, 1.54) is 38.5 Å². The molecule has 0 radical (unpaired) electrons. The number of carbonyl (C=O) groups is 2. The van der Waals surface area contributed by atoms with E-state index in [9.17, 15) is 9.59 Å². The molecule has 0 aliphatic rings. The predicted octanol–water partition coefficient (Wildman–Crippen LogP) is 4.80. The predicted molar refractivity (Wildman–Crippen MR) is 102 cm³/mol. The lowest BCUT2D eigenvalue weighted by Crippen LogP contribution is -2.26. The highest BCUT2D eigenvalue weighted by molar-refractivity contribution is 5.94. The van der Waals surface area contributed by atoms with Crippen LogP contribution in [-0.4, -0.2) is 25.0 Å². The molecule has 140 valence electrons. The first-order valence-corrected chi connectivity index (χ1v) is 9.64. The van der Waals surface area contributed by atoms with Crippen molar-refractivity contribution in [2.75, 3.05) is 13.2 Å². The van der Waals surface area contributed by atoms with Crippen molar-refractivity contribution >= 4 is 11.9 Å². The Labute approximate surface area is 152 Å². The summed E-state index contributed by atoms with van der Waals surface area (Å²) in [6.07, 6.45) is 10.0. The molecule has 0 atom stereocenters. The molecule has 0 aromatic heterocycles. The molecule has 25 heavy (non-hydrogen) atoms.